The molecule has 3 unspecified atom stereocenters. The highest BCUT2D eigenvalue weighted by Crippen LogP contribution is 2.36. The second kappa shape index (κ2) is 5.97. The number of carbonyl (C=O) groups is 1. The van der Waals surface area contributed by atoms with Gasteiger partial charge in [0.25, 0.3) is 5.91 Å². The number of hydrogen-bond acceptors (Lipinski definition) is 3. The number of halogens is 1. The van der Waals surface area contributed by atoms with Crippen LogP contribution in [0.2, 0.25) is 0 Å². The summed E-state index contributed by atoms with van der Waals surface area (Å²) in [6.07, 6.45) is 1.01. The van der Waals surface area contributed by atoms with E-state index in [1.54, 1.807) is 7.11 Å². The average Bonchev–Trinajstić information content (AvgIpc) is 3.06. The maximum atomic E-state index is 12.9. The van der Waals surface area contributed by atoms with Crippen LogP contribution in [0, 0.1) is 11.8 Å². The summed E-state index contributed by atoms with van der Waals surface area (Å²) in [4.78, 5) is 15.0. The lowest BCUT2D eigenvalue weighted by molar-refractivity contribution is 0.0708. The summed E-state index contributed by atoms with van der Waals surface area (Å²) >= 11 is 3.42. The number of likely N-dealkylation sites (tertiary alicyclic amines) is 1. The molecule has 2 aliphatic rings. The van der Waals surface area contributed by atoms with Gasteiger partial charge in [-0.2, -0.15) is 0 Å². The van der Waals surface area contributed by atoms with E-state index < -0.39 is 0 Å². The minimum absolute atomic E-state index is 0.0978. The smallest absolute Gasteiger partial charge is 0.257 e. The van der Waals surface area contributed by atoms with Gasteiger partial charge in [-0.15, -0.1) is 0 Å². The Morgan fingerprint density at radius 1 is 1.48 bits per heavy atom. The molecule has 0 spiro atoms. The Bertz CT molecular complexity index is 549. The molecule has 114 valence electrons. The van der Waals surface area contributed by atoms with Crippen LogP contribution >= 0.6 is 15.9 Å². The molecule has 2 saturated heterocycles. The number of rotatable bonds is 3. The first-order valence-corrected chi connectivity index (χ1v) is 8.30. The van der Waals surface area contributed by atoms with Gasteiger partial charge in [-0.25, -0.2) is 0 Å². The molecule has 3 rings (SSSR count). The Labute approximate surface area is 134 Å². The van der Waals surface area contributed by atoms with Crippen molar-refractivity contribution in [2.24, 2.45) is 11.8 Å². The summed E-state index contributed by atoms with van der Waals surface area (Å²) in [5.41, 5.74) is 0.659. The summed E-state index contributed by atoms with van der Waals surface area (Å²) in [6.45, 7) is 5.09. The molecule has 1 amide bonds. The molecule has 1 N–H and O–H groups in total. The first-order chi connectivity index (χ1) is 10.2. The van der Waals surface area contributed by atoms with Crippen LogP contribution < -0.4 is 10.1 Å². The lowest BCUT2D eigenvalue weighted by Gasteiger charge is -2.27. The second-order valence-corrected chi connectivity index (χ2v) is 6.78. The Balaban J connectivity index is 1.88. The van der Waals surface area contributed by atoms with Crippen molar-refractivity contribution in [1.29, 1.82) is 0 Å². The van der Waals surface area contributed by atoms with E-state index in [4.69, 9.17) is 4.74 Å². The number of ether oxygens (including phenoxy) is 1. The summed E-state index contributed by atoms with van der Waals surface area (Å²) in [5, 5.41) is 3.45. The molecule has 0 radical (unpaired) electrons. The van der Waals surface area contributed by atoms with Crippen LogP contribution in [0.1, 0.15) is 23.7 Å². The zero-order valence-corrected chi connectivity index (χ0v) is 14.0. The molecule has 0 aromatic heterocycles. The molecule has 4 nitrogen and oxygen atoms in total. The van der Waals surface area contributed by atoms with Crippen molar-refractivity contribution in [3.8, 4) is 5.75 Å². The van der Waals surface area contributed by atoms with Crippen LogP contribution in [0.5, 0.6) is 5.75 Å². The first kappa shape index (κ1) is 14.9. The summed E-state index contributed by atoms with van der Waals surface area (Å²) in [5.74, 6) is 1.93. The third kappa shape index (κ3) is 2.57. The Kier molecular flexibility index (Phi) is 4.22. The Hall–Kier alpha value is -1.07. The molecule has 3 atom stereocenters. The van der Waals surface area contributed by atoms with E-state index in [1.165, 1.54) is 0 Å². The van der Waals surface area contributed by atoms with Gasteiger partial charge in [-0.3, -0.25) is 4.79 Å². The zero-order valence-electron chi connectivity index (χ0n) is 12.4. The number of nitrogens with one attached hydrogen (secondary N) is 1. The number of carbonyl (C=O) groups excluding carboxylic acids is 1. The van der Waals surface area contributed by atoms with Crippen molar-refractivity contribution in [3.05, 3.63) is 28.2 Å². The highest BCUT2D eigenvalue weighted by Gasteiger charge is 2.45. The Morgan fingerprint density at radius 3 is 3.00 bits per heavy atom. The average molecular weight is 353 g/mol. The number of hydrogen-bond donors (Lipinski definition) is 1. The van der Waals surface area contributed by atoms with Crippen LogP contribution in [-0.2, 0) is 0 Å². The molecule has 1 aromatic carbocycles. The molecule has 0 bridgehead atoms. The largest absolute Gasteiger partial charge is 0.496 e. The van der Waals surface area contributed by atoms with Gasteiger partial charge in [0.1, 0.15) is 5.75 Å². The fourth-order valence-corrected chi connectivity index (χ4v) is 4.12. The molecule has 5 heteroatoms. The van der Waals surface area contributed by atoms with Crippen LogP contribution in [0.3, 0.4) is 0 Å². The van der Waals surface area contributed by atoms with Gasteiger partial charge in [0.05, 0.1) is 12.7 Å². The van der Waals surface area contributed by atoms with Crippen molar-refractivity contribution in [2.45, 2.75) is 19.4 Å². The number of fused-ring (bicyclic) bond motifs is 1. The summed E-state index contributed by atoms with van der Waals surface area (Å²) in [6, 6.07) is 5.94. The molecule has 2 heterocycles. The molecule has 2 fully saturated rings. The van der Waals surface area contributed by atoms with Gasteiger partial charge in [-0.1, -0.05) is 22.9 Å². The molecule has 0 aliphatic carbocycles. The maximum Gasteiger partial charge on any atom is 0.257 e. The lowest BCUT2D eigenvalue weighted by Crippen LogP contribution is -2.39. The second-order valence-electron chi connectivity index (χ2n) is 5.86. The van der Waals surface area contributed by atoms with Crippen LogP contribution in [0.15, 0.2) is 22.7 Å². The van der Waals surface area contributed by atoms with E-state index in [1.807, 2.05) is 18.2 Å². The Morgan fingerprint density at radius 2 is 2.29 bits per heavy atom. The maximum absolute atomic E-state index is 12.9. The van der Waals surface area contributed by atoms with Crippen molar-refractivity contribution in [3.63, 3.8) is 0 Å². The van der Waals surface area contributed by atoms with Crippen molar-refractivity contribution in [2.75, 3.05) is 26.7 Å². The highest BCUT2D eigenvalue weighted by molar-refractivity contribution is 9.10. The third-order valence-corrected chi connectivity index (χ3v) is 5.28. The van der Waals surface area contributed by atoms with Crippen molar-refractivity contribution >= 4 is 21.8 Å². The van der Waals surface area contributed by atoms with E-state index >= 15 is 0 Å². The number of methoxy groups -OCH3 is 1. The normalized spacial score (nSPS) is 27.8. The van der Waals surface area contributed by atoms with Crippen LogP contribution in [0.25, 0.3) is 0 Å². The van der Waals surface area contributed by atoms with Gasteiger partial charge < -0.3 is 15.0 Å². The number of amides is 1. The van der Waals surface area contributed by atoms with Gasteiger partial charge in [-0.05, 0) is 36.5 Å². The van der Waals surface area contributed by atoms with Crippen LogP contribution in [0.4, 0.5) is 0 Å². The molecular weight excluding hydrogens is 332 g/mol. The number of nitrogens with zero attached hydrogens (tertiary/aromatic N) is 1. The van der Waals surface area contributed by atoms with Crippen molar-refractivity contribution in [1.82, 2.24) is 10.2 Å². The zero-order chi connectivity index (χ0) is 15.0. The third-order valence-electron chi connectivity index (χ3n) is 4.79. The van der Waals surface area contributed by atoms with Crippen molar-refractivity contribution < 1.29 is 9.53 Å². The van der Waals surface area contributed by atoms with E-state index in [2.05, 4.69) is 33.1 Å². The fraction of sp³-hybridized carbons (Fsp3) is 0.562. The van der Waals surface area contributed by atoms with Gasteiger partial charge in [0, 0.05) is 30.1 Å². The quantitative estimate of drug-likeness (QED) is 0.908. The fourth-order valence-electron chi connectivity index (χ4n) is 3.78. The van der Waals surface area contributed by atoms with Gasteiger partial charge in [0.2, 0.25) is 0 Å². The van der Waals surface area contributed by atoms with Gasteiger partial charge in [0.15, 0.2) is 0 Å². The standard InChI is InChI=1S/C16H21BrN2O2/c1-3-14-13-8-18-7-10(13)9-19(14)16(20)12-5-4-11(17)6-15(12)21-2/h4-6,10,13-14,18H,3,7-9H2,1-2H3. The number of benzene rings is 1. The van der Waals surface area contributed by atoms with E-state index in [0.717, 1.165) is 30.5 Å². The topological polar surface area (TPSA) is 41.6 Å². The molecular formula is C16H21BrN2O2. The van der Waals surface area contributed by atoms with E-state index in [9.17, 15) is 4.79 Å². The van der Waals surface area contributed by atoms with E-state index in [-0.39, 0.29) is 5.91 Å². The molecule has 21 heavy (non-hydrogen) atoms. The first-order valence-electron chi connectivity index (χ1n) is 7.51. The minimum atomic E-state index is 0.0978. The highest BCUT2D eigenvalue weighted by atomic mass is 79.9. The summed E-state index contributed by atoms with van der Waals surface area (Å²) < 4.78 is 6.30. The monoisotopic (exact) mass is 352 g/mol. The predicted octanol–water partition coefficient (Wildman–Crippen LogP) is 2.53. The van der Waals surface area contributed by atoms with Crippen LogP contribution in [-0.4, -0.2) is 43.6 Å². The summed E-state index contributed by atoms with van der Waals surface area (Å²) in [7, 11) is 1.61. The van der Waals surface area contributed by atoms with E-state index in [0.29, 0.717) is 29.2 Å². The predicted molar refractivity (Wildman–Crippen MR) is 85.7 cm³/mol. The SMILES string of the molecule is CCC1C2CNCC2CN1C(=O)c1ccc(Br)cc1OC. The minimum Gasteiger partial charge on any atom is -0.496 e. The van der Waals surface area contributed by atoms with Gasteiger partial charge >= 0.3 is 0 Å². The lowest BCUT2D eigenvalue weighted by atomic mass is 9.93. The molecule has 1 aromatic rings. The molecule has 0 saturated carbocycles. The molecule has 2 aliphatic heterocycles.